The Hall–Kier alpha value is -4.98. The van der Waals surface area contributed by atoms with Crippen molar-refractivity contribution in [2.75, 3.05) is 17.7 Å². The summed E-state index contributed by atoms with van der Waals surface area (Å²) in [6.07, 6.45) is 1.60. The number of carbonyl (C=O) groups excluding carboxylic acids is 2. The van der Waals surface area contributed by atoms with Gasteiger partial charge >= 0.3 is 5.97 Å². The zero-order valence-electron chi connectivity index (χ0n) is 18.7. The number of aromatic amines is 1. The van der Waals surface area contributed by atoms with Crippen LogP contribution in [0.1, 0.15) is 20.7 Å². The standard InChI is InChI=1S/C27H20N4O4/c1-35-27(34)17-7-12-20-21(15-17)26(33)31-24-23(20)22(13-14-28-24)29-18-8-10-19(11-9-18)30-25(32)16-5-3-2-4-6-16/h2-15H,1H3,(H,30,32)(H2,28,29,31,33). The second kappa shape index (κ2) is 9.11. The summed E-state index contributed by atoms with van der Waals surface area (Å²) in [6.45, 7) is 0. The van der Waals surface area contributed by atoms with Crippen LogP contribution in [0.4, 0.5) is 17.1 Å². The Morgan fingerprint density at radius 2 is 1.60 bits per heavy atom. The summed E-state index contributed by atoms with van der Waals surface area (Å²) >= 11 is 0. The van der Waals surface area contributed by atoms with Gasteiger partial charge in [-0.1, -0.05) is 24.3 Å². The van der Waals surface area contributed by atoms with Crippen molar-refractivity contribution in [3.8, 4) is 0 Å². The van der Waals surface area contributed by atoms with E-state index in [0.717, 1.165) is 11.4 Å². The molecule has 0 aliphatic carbocycles. The van der Waals surface area contributed by atoms with E-state index in [9.17, 15) is 14.4 Å². The van der Waals surface area contributed by atoms with Crippen LogP contribution >= 0.6 is 0 Å². The van der Waals surface area contributed by atoms with Crippen LogP contribution in [0.25, 0.3) is 21.8 Å². The average Bonchev–Trinajstić information content (AvgIpc) is 2.89. The summed E-state index contributed by atoms with van der Waals surface area (Å²) in [5.74, 6) is -0.705. The van der Waals surface area contributed by atoms with E-state index in [-0.39, 0.29) is 17.0 Å². The summed E-state index contributed by atoms with van der Waals surface area (Å²) in [4.78, 5) is 44.1. The second-order valence-electron chi connectivity index (χ2n) is 7.81. The Labute approximate surface area is 199 Å². The van der Waals surface area contributed by atoms with Crippen LogP contribution in [0.5, 0.6) is 0 Å². The van der Waals surface area contributed by atoms with Crippen molar-refractivity contribution in [1.82, 2.24) is 9.97 Å². The molecule has 5 aromatic rings. The first kappa shape index (κ1) is 21.8. The van der Waals surface area contributed by atoms with Crippen molar-refractivity contribution >= 4 is 50.7 Å². The first-order valence-corrected chi connectivity index (χ1v) is 10.8. The van der Waals surface area contributed by atoms with Gasteiger partial charge in [-0.15, -0.1) is 0 Å². The summed E-state index contributed by atoms with van der Waals surface area (Å²) < 4.78 is 4.77. The van der Waals surface area contributed by atoms with Crippen molar-refractivity contribution in [3.05, 3.63) is 107 Å². The van der Waals surface area contributed by atoms with E-state index < -0.39 is 5.97 Å². The number of methoxy groups -OCH3 is 1. The molecule has 0 fully saturated rings. The Balaban J connectivity index is 1.47. The van der Waals surface area contributed by atoms with Crippen LogP contribution in [0.3, 0.4) is 0 Å². The fourth-order valence-electron chi connectivity index (χ4n) is 3.89. The van der Waals surface area contributed by atoms with Gasteiger partial charge in [-0.3, -0.25) is 9.59 Å². The fraction of sp³-hybridized carbons (Fsp3) is 0.0370. The number of hydrogen-bond donors (Lipinski definition) is 3. The lowest BCUT2D eigenvalue weighted by Gasteiger charge is -2.13. The Kier molecular flexibility index (Phi) is 5.68. The molecule has 1 amide bonds. The molecule has 3 N–H and O–H groups in total. The highest BCUT2D eigenvalue weighted by Gasteiger charge is 2.14. The maximum absolute atomic E-state index is 12.7. The van der Waals surface area contributed by atoms with Crippen LogP contribution in [-0.4, -0.2) is 29.0 Å². The number of esters is 1. The molecule has 5 rings (SSSR count). The van der Waals surface area contributed by atoms with Gasteiger partial charge in [-0.25, -0.2) is 9.78 Å². The van der Waals surface area contributed by atoms with Gasteiger partial charge in [0.05, 0.1) is 18.4 Å². The van der Waals surface area contributed by atoms with Crippen LogP contribution < -0.4 is 16.2 Å². The molecule has 2 aromatic heterocycles. The number of amides is 1. The third-order valence-electron chi connectivity index (χ3n) is 5.60. The smallest absolute Gasteiger partial charge is 0.337 e. The molecule has 172 valence electrons. The highest BCUT2D eigenvalue weighted by atomic mass is 16.5. The van der Waals surface area contributed by atoms with Crippen LogP contribution in [0.15, 0.2) is 89.9 Å². The van der Waals surface area contributed by atoms with Gasteiger partial charge in [0.2, 0.25) is 0 Å². The number of nitrogens with one attached hydrogen (secondary N) is 3. The van der Waals surface area contributed by atoms with Gasteiger partial charge in [-0.2, -0.15) is 0 Å². The van der Waals surface area contributed by atoms with Gasteiger partial charge in [0.1, 0.15) is 5.65 Å². The summed E-state index contributed by atoms with van der Waals surface area (Å²) in [5, 5.41) is 7.94. The van der Waals surface area contributed by atoms with E-state index in [1.807, 2.05) is 30.3 Å². The number of aromatic nitrogens is 2. The number of pyridine rings is 2. The highest BCUT2D eigenvalue weighted by Crippen LogP contribution is 2.30. The Morgan fingerprint density at radius 1 is 0.857 bits per heavy atom. The summed E-state index contributed by atoms with van der Waals surface area (Å²) in [5.41, 5.74) is 3.11. The number of anilines is 3. The molecule has 0 saturated heterocycles. The molecule has 0 radical (unpaired) electrons. The summed E-state index contributed by atoms with van der Waals surface area (Å²) in [6, 6.07) is 22.9. The molecular formula is C27H20N4O4. The van der Waals surface area contributed by atoms with E-state index in [0.29, 0.717) is 33.1 Å². The molecule has 0 unspecified atom stereocenters. The minimum atomic E-state index is -0.518. The lowest BCUT2D eigenvalue weighted by Crippen LogP contribution is -2.11. The number of nitrogens with zero attached hydrogens (tertiary/aromatic N) is 1. The largest absolute Gasteiger partial charge is 0.465 e. The normalized spacial score (nSPS) is 10.8. The van der Waals surface area contributed by atoms with Gasteiger partial charge in [0.25, 0.3) is 11.5 Å². The molecule has 0 aliphatic heterocycles. The van der Waals surface area contributed by atoms with Crippen molar-refractivity contribution in [1.29, 1.82) is 0 Å². The van der Waals surface area contributed by atoms with Crippen molar-refractivity contribution in [3.63, 3.8) is 0 Å². The topological polar surface area (TPSA) is 113 Å². The monoisotopic (exact) mass is 464 g/mol. The number of benzene rings is 3. The third-order valence-corrected chi connectivity index (χ3v) is 5.60. The first-order valence-electron chi connectivity index (χ1n) is 10.8. The van der Waals surface area contributed by atoms with E-state index >= 15 is 0 Å². The Bertz CT molecular complexity index is 1630. The van der Waals surface area contributed by atoms with Gasteiger partial charge in [0.15, 0.2) is 0 Å². The third kappa shape index (κ3) is 4.32. The average molecular weight is 464 g/mol. The van der Waals surface area contributed by atoms with Crippen molar-refractivity contribution in [2.24, 2.45) is 0 Å². The van der Waals surface area contributed by atoms with Gasteiger partial charge in [-0.05, 0) is 54.6 Å². The molecule has 0 atom stereocenters. The van der Waals surface area contributed by atoms with Crippen molar-refractivity contribution < 1.29 is 14.3 Å². The minimum Gasteiger partial charge on any atom is -0.465 e. The molecule has 0 bridgehead atoms. The Morgan fingerprint density at radius 3 is 2.34 bits per heavy atom. The quantitative estimate of drug-likeness (QED) is 0.253. The van der Waals surface area contributed by atoms with E-state index in [1.54, 1.807) is 48.7 Å². The molecule has 8 heteroatoms. The molecular weight excluding hydrogens is 444 g/mol. The molecule has 3 aromatic carbocycles. The first-order chi connectivity index (χ1) is 17.0. The second-order valence-corrected chi connectivity index (χ2v) is 7.81. The molecule has 2 heterocycles. The predicted octanol–water partition coefficient (Wildman–Crippen LogP) is 4.86. The number of hydrogen-bond acceptors (Lipinski definition) is 6. The van der Waals surface area contributed by atoms with Crippen LogP contribution in [-0.2, 0) is 4.74 Å². The number of carbonyl (C=O) groups is 2. The number of ether oxygens (including phenoxy) is 1. The number of H-pyrrole nitrogens is 1. The molecule has 35 heavy (non-hydrogen) atoms. The molecule has 0 spiro atoms. The number of fused-ring (bicyclic) bond motifs is 3. The molecule has 0 aliphatic rings. The SMILES string of the molecule is COC(=O)c1ccc2c(c1)c(=O)[nH]c1nccc(Nc3ccc(NC(=O)c4ccccc4)cc3)c12. The van der Waals surface area contributed by atoms with E-state index in [1.165, 1.54) is 13.2 Å². The van der Waals surface area contributed by atoms with Crippen LogP contribution in [0, 0.1) is 0 Å². The van der Waals surface area contributed by atoms with Gasteiger partial charge in [0, 0.05) is 39.3 Å². The number of rotatable bonds is 5. The van der Waals surface area contributed by atoms with Crippen molar-refractivity contribution in [2.45, 2.75) is 0 Å². The maximum atomic E-state index is 12.7. The lowest BCUT2D eigenvalue weighted by molar-refractivity contribution is 0.0600. The highest BCUT2D eigenvalue weighted by molar-refractivity contribution is 6.12. The van der Waals surface area contributed by atoms with E-state index in [4.69, 9.17) is 4.74 Å². The van der Waals surface area contributed by atoms with Gasteiger partial charge < -0.3 is 20.4 Å². The molecule has 0 saturated carbocycles. The fourth-order valence-corrected chi connectivity index (χ4v) is 3.89. The maximum Gasteiger partial charge on any atom is 0.337 e. The predicted molar refractivity (Wildman–Crippen MR) is 135 cm³/mol. The van der Waals surface area contributed by atoms with Crippen LogP contribution in [0.2, 0.25) is 0 Å². The molecule has 8 nitrogen and oxygen atoms in total. The summed E-state index contributed by atoms with van der Waals surface area (Å²) in [7, 11) is 1.29. The minimum absolute atomic E-state index is 0.187. The lowest BCUT2D eigenvalue weighted by atomic mass is 10.0. The zero-order valence-corrected chi connectivity index (χ0v) is 18.7. The van der Waals surface area contributed by atoms with E-state index in [2.05, 4.69) is 20.6 Å². The zero-order chi connectivity index (χ0) is 24.4.